The largest absolute Gasteiger partial charge is 0.478 e. The summed E-state index contributed by atoms with van der Waals surface area (Å²) in [4.78, 5) is 23.3. The average molecular weight is 297 g/mol. The number of carboxylic acids is 1. The molecule has 20 heavy (non-hydrogen) atoms. The predicted octanol–water partition coefficient (Wildman–Crippen LogP) is 2.51. The quantitative estimate of drug-likeness (QED) is 0.801. The lowest BCUT2D eigenvalue weighted by Crippen LogP contribution is -2.54. The number of piperidine rings is 1. The smallest absolute Gasteiger partial charge is 0.337 e. The summed E-state index contributed by atoms with van der Waals surface area (Å²) in [6.45, 7) is 2.67. The topological polar surface area (TPSA) is 78.4 Å². The SMILES string of the molecule is CC1(C(=O)Nc2ccc(Cl)c(C(=O)O)c2)CCCCN1. The highest BCUT2D eigenvalue weighted by Crippen LogP contribution is 2.24. The van der Waals surface area contributed by atoms with Gasteiger partial charge < -0.3 is 15.7 Å². The van der Waals surface area contributed by atoms with E-state index in [-0.39, 0.29) is 16.5 Å². The number of anilines is 1. The molecule has 108 valence electrons. The minimum atomic E-state index is -1.12. The van der Waals surface area contributed by atoms with Crippen molar-refractivity contribution in [2.75, 3.05) is 11.9 Å². The van der Waals surface area contributed by atoms with Crippen LogP contribution in [-0.4, -0.2) is 29.1 Å². The van der Waals surface area contributed by atoms with Gasteiger partial charge >= 0.3 is 5.97 Å². The summed E-state index contributed by atoms with van der Waals surface area (Å²) in [6, 6.07) is 4.44. The van der Waals surface area contributed by atoms with Crippen LogP contribution in [0.5, 0.6) is 0 Å². The first-order valence-corrected chi connectivity index (χ1v) is 6.89. The fourth-order valence-corrected chi connectivity index (χ4v) is 2.48. The Balaban J connectivity index is 2.15. The monoisotopic (exact) mass is 296 g/mol. The van der Waals surface area contributed by atoms with E-state index in [1.54, 1.807) is 6.07 Å². The summed E-state index contributed by atoms with van der Waals surface area (Å²) in [5.41, 5.74) is -0.196. The van der Waals surface area contributed by atoms with Gasteiger partial charge in [0.1, 0.15) is 0 Å². The van der Waals surface area contributed by atoms with E-state index < -0.39 is 11.5 Å². The first-order valence-electron chi connectivity index (χ1n) is 6.52. The summed E-state index contributed by atoms with van der Waals surface area (Å²) >= 11 is 5.80. The van der Waals surface area contributed by atoms with Gasteiger partial charge in [0.15, 0.2) is 0 Å². The highest BCUT2D eigenvalue weighted by Gasteiger charge is 2.34. The second kappa shape index (κ2) is 5.81. The lowest BCUT2D eigenvalue weighted by molar-refractivity contribution is -0.122. The summed E-state index contributed by atoms with van der Waals surface area (Å²) in [5, 5.41) is 15.1. The molecular formula is C14H17ClN2O3. The van der Waals surface area contributed by atoms with Crippen molar-refractivity contribution in [2.45, 2.75) is 31.7 Å². The van der Waals surface area contributed by atoms with Gasteiger partial charge in [0, 0.05) is 5.69 Å². The molecule has 1 aliphatic heterocycles. The number of nitrogens with one attached hydrogen (secondary N) is 2. The Kier molecular flexibility index (Phi) is 4.30. The zero-order valence-electron chi connectivity index (χ0n) is 11.2. The molecule has 1 heterocycles. The lowest BCUT2D eigenvalue weighted by Gasteiger charge is -2.33. The van der Waals surface area contributed by atoms with Gasteiger partial charge in [-0.15, -0.1) is 0 Å². The minimum absolute atomic E-state index is 0.0220. The number of amides is 1. The molecule has 0 bridgehead atoms. The Hall–Kier alpha value is -1.59. The third kappa shape index (κ3) is 3.11. The number of hydrogen-bond donors (Lipinski definition) is 3. The van der Waals surface area contributed by atoms with Crippen LogP contribution in [0.25, 0.3) is 0 Å². The van der Waals surface area contributed by atoms with Crippen molar-refractivity contribution in [2.24, 2.45) is 0 Å². The number of halogens is 1. The normalized spacial score (nSPS) is 22.3. The highest BCUT2D eigenvalue weighted by molar-refractivity contribution is 6.33. The number of rotatable bonds is 3. The molecule has 1 fully saturated rings. The van der Waals surface area contributed by atoms with E-state index in [1.165, 1.54) is 12.1 Å². The number of benzene rings is 1. The van der Waals surface area contributed by atoms with Gasteiger partial charge in [-0.2, -0.15) is 0 Å². The van der Waals surface area contributed by atoms with Crippen LogP contribution in [0.4, 0.5) is 5.69 Å². The molecule has 0 aliphatic carbocycles. The maximum Gasteiger partial charge on any atom is 0.337 e. The molecule has 6 heteroatoms. The van der Waals surface area contributed by atoms with Gasteiger partial charge in [0.2, 0.25) is 5.91 Å². The lowest BCUT2D eigenvalue weighted by atomic mass is 9.90. The summed E-state index contributed by atoms with van der Waals surface area (Å²) < 4.78 is 0. The van der Waals surface area contributed by atoms with Crippen molar-refractivity contribution in [1.29, 1.82) is 0 Å². The van der Waals surface area contributed by atoms with Crippen LogP contribution in [-0.2, 0) is 4.79 Å². The molecule has 1 aromatic rings. The maximum atomic E-state index is 12.3. The first-order chi connectivity index (χ1) is 9.42. The fraction of sp³-hybridized carbons (Fsp3) is 0.429. The number of carbonyl (C=O) groups excluding carboxylic acids is 1. The first kappa shape index (κ1) is 14.8. The van der Waals surface area contributed by atoms with Crippen LogP contribution < -0.4 is 10.6 Å². The van der Waals surface area contributed by atoms with E-state index in [1.807, 2.05) is 6.92 Å². The molecule has 0 radical (unpaired) electrons. The fourth-order valence-electron chi connectivity index (χ4n) is 2.29. The van der Waals surface area contributed by atoms with Gasteiger partial charge in [-0.05, 0) is 50.9 Å². The molecule has 1 saturated heterocycles. The Morgan fingerprint density at radius 1 is 1.40 bits per heavy atom. The Morgan fingerprint density at radius 2 is 2.15 bits per heavy atom. The minimum Gasteiger partial charge on any atom is -0.478 e. The van der Waals surface area contributed by atoms with Crippen molar-refractivity contribution < 1.29 is 14.7 Å². The van der Waals surface area contributed by atoms with Crippen molar-refractivity contribution in [3.63, 3.8) is 0 Å². The molecule has 5 nitrogen and oxygen atoms in total. The van der Waals surface area contributed by atoms with E-state index in [0.29, 0.717) is 5.69 Å². The van der Waals surface area contributed by atoms with Gasteiger partial charge in [-0.25, -0.2) is 4.79 Å². The number of aromatic carboxylic acids is 1. The summed E-state index contributed by atoms with van der Waals surface area (Å²) in [5.74, 6) is -1.27. The summed E-state index contributed by atoms with van der Waals surface area (Å²) in [6.07, 6.45) is 2.82. The molecule has 3 N–H and O–H groups in total. The molecule has 1 amide bonds. The molecule has 1 unspecified atom stereocenters. The van der Waals surface area contributed by atoms with Crippen LogP contribution in [0.2, 0.25) is 5.02 Å². The molecule has 1 atom stereocenters. The van der Waals surface area contributed by atoms with Crippen LogP contribution >= 0.6 is 11.6 Å². The molecule has 0 spiro atoms. The maximum absolute atomic E-state index is 12.3. The number of carboxylic acid groups (broad SMARTS) is 1. The molecule has 2 rings (SSSR count). The molecule has 0 saturated carbocycles. The van der Waals surface area contributed by atoms with Gasteiger partial charge in [-0.1, -0.05) is 11.6 Å². The Labute approximate surface area is 122 Å². The third-order valence-corrected chi connectivity index (χ3v) is 3.90. The van der Waals surface area contributed by atoms with Gasteiger partial charge in [0.25, 0.3) is 0 Å². The van der Waals surface area contributed by atoms with E-state index in [2.05, 4.69) is 10.6 Å². The zero-order chi connectivity index (χ0) is 14.8. The van der Waals surface area contributed by atoms with Crippen molar-refractivity contribution >= 4 is 29.2 Å². The van der Waals surface area contributed by atoms with Crippen molar-refractivity contribution in [3.05, 3.63) is 28.8 Å². The number of hydrogen-bond acceptors (Lipinski definition) is 3. The Bertz CT molecular complexity index is 539. The van der Waals surface area contributed by atoms with E-state index in [0.717, 1.165) is 25.8 Å². The molecule has 1 aliphatic rings. The number of carbonyl (C=O) groups is 2. The van der Waals surface area contributed by atoms with Gasteiger partial charge in [-0.3, -0.25) is 4.79 Å². The zero-order valence-corrected chi connectivity index (χ0v) is 12.0. The predicted molar refractivity (Wildman–Crippen MR) is 77.3 cm³/mol. The van der Waals surface area contributed by atoms with E-state index in [4.69, 9.17) is 16.7 Å². The third-order valence-electron chi connectivity index (χ3n) is 3.57. The average Bonchev–Trinajstić information content (AvgIpc) is 2.41. The van der Waals surface area contributed by atoms with Gasteiger partial charge in [0.05, 0.1) is 16.1 Å². The Morgan fingerprint density at radius 3 is 2.75 bits per heavy atom. The summed E-state index contributed by atoms with van der Waals surface area (Å²) in [7, 11) is 0. The molecular weight excluding hydrogens is 280 g/mol. The van der Waals surface area contributed by atoms with E-state index in [9.17, 15) is 9.59 Å². The van der Waals surface area contributed by atoms with Crippen LogP contribution in [0.1, 0.15) is 36.5 Å². The molecule has 1 aromatic carbocycles. The van der Waals surface area contributed by atoms with Crippen LogP contribution in [0.15, 0.2) is 18.2 Å². The second-order valence-corrected chi connectivity index (χ2v) is 5.58. The standard InChI is InChI=1S/C14H17ClN2O3/c1-14(6-2-3-7-16-14)13(20)17-9-4-5-11(15)10(8-9)12(18)19/h4-5,8,16H,2-3,6-7H2,1H3,(H,17,20)(H,18,19). The highest BCUT2D eigenvalue weighted by atomic mass is 35.5. The van der Waals surface area contributed by atoms with Crippen LogP contribution in [0.3, 0.4) is 0 Å². The van der Waals surface area contributed by atoms with E-state index >= 15 is 0 Å². The van der Waals surface area contributed by atoms with Crippen LogP contribution in [0, 0.1) is 0 Å². The van der Waals surface area contributed by atoms with Crippen molar-refractivity contribution in [3.8, 4) is 0 Å². The molecule has 0 aromatic heterocycles. The van der Waals surface area contributed by atoms with Crippen molar-refractivity contribution in [1.82, 2.24) is 5.32 Å². The second-order valence-electron chi connectivity index (χ2n) is 5.17.